The number of carbonyl (C=O) groups is 1. The van der Waals surface area contributed by atoms with Gasteiger partial charge in [-0.15, -0.1) is 0 Å². The molecule has 2 aromatic heterocycles. The van der Waals surface area contributed by atoms with Crippen molar-refractivity contribution in [3.63, 3.8) is 0 Å². The standard InChI is InChI=1S/C19H29N5O/c1-5-18-17(11-21-23(18)9-6-14(2)3)19(25)22-8-7-16(13-22)24-12-15(4)10-20-24/h10-12,14,16H,5-9,13H2,1-4H3/t16-/m0/s1. The highest BCUT2D eigenvalue weighted by atomic mass is 16.2. The fourth-order valence-electron chi connectivity index (χ4n) is 3.48. The summed E-state index contributed by atoms with van der Waals surface area (Å²) in [4.78, 5) is 15.0. The van der Waals surface area contributed by atoms with E-state index in [4.69, 9.17) is 0 Å². The molecular weight excluding hydrogens is 314 g/mol. The van der Waals surface area contributed by atoms with E-state index in [9.17, 15) is 4.79 Å². The molecule has 0 aliphatic carbocycles. The van der Waals surface area contributed by atoms with E-state index < -0.39 is 0 Å². The average Bonchev–Trinajstić information content (AvgIpc) is 3.30. The van der Waals surface area contributed by atoms with Crippen molar-refractivity contribution in [2.45, 2.75) is 59.5 Å². The van der Waals surface area contributed by atoms with Gasteiger partial charge in [0.05, 0.1) is 29.7 Å². The van der Waals surface area contributed by atoms with Gasteiger partial charge in [0, 0.05) is 25.8 Å². The smallest absolute Gasteiger partial charge is 0.257 e. The van der Waals surface area contributed by atoms with Gasteiger partial charge in [-0.1, -0.05) is 20.8 Å². The maximum absolute atomic E-state index is 13.0. The Hall–Kier alpha value is -2.11. The second kappa shape index (κ2) is 7.42. The number of hydrogen-bond donors (Lipinski definition) is 0. The first-order chi connectivity index (χ1) is 12.0. The molecule has 136 valence electrons. The normalized spacial score (nSPS) is 17.6. The van der Waals surface area contributed by atoms with Gasteiger partial charge in [-0.25, -0.2) is 0 Å². The quantitative estimate of drug-likeness (QED) is 0.810. The minimum atomic E-state index is 0.110. The Bertz CT molecular complexity index is 730. The van der Waals surface area contributed by atoms with Crippen LogP contribution in [-0.2, 0) is 13.0 Å². The molecule has 0 aromatic carbocycles. The van der Waals surface area contributed by atoms with Crippen LogP contribution >= 0.6 is 0 Å². The van der Waals surface area contributed by atoms with Crippen LogP contribution in [-0.4, -0.2) is 43.5 Å². The van der Waals surface area contributed by atoms with Crippen LogP contribution in [0.5, 0.6) is 0 Å². The first-order valence-electron chi connectivity index (χ1n) is 9.34. The Labute approximate surface area is 149 Å². The van der Waals surface area contributed by atoms with Crippen LogP contribution in [0.2, 0.25) is 0 Å². The molecule has 0 N–H and O–H groups in total. The number of nitrogens with zero attached hydrogens (tertiary/aromatic N) is 5. The molecule has 1 atom stereocenters. The van der Waals surface area contributed by atoms with Crippen molar-refractivity contribution in [3.8, 4) is 0 Å². The second-order valence-corrected chi connectivity index (χ2v) is 7.46. The van der Waals surface area contributed by atoms with E-state index in [1.807, 2.05) is 27.4 Å². The summed E-state index contributed by atoms with van der Waals surface area (Å²) in [6.45, 7) is 10.9. The van der Waals surface area contributed by atoms with Gasteiger partial charge < -0.3 is 4.90 Å². The van der Waals surface area contributed by atoms with Crippen molar-refractivity contribution in [1.82, 2.24) is 24.5 Å². The lowest BCUT2D eigenvalue weighted by atomic mass is 10.1. The Morgan fingerprint density at radius 1 is 1.32 bits per heavy atom. The van der Waals surface area contributed by atoms with Gasteiger partial charge in [-0.2, -0.15) is 10.2 Å². The average molecular weight is 343 g/mol. The van der Waals surface area contributed by atoms with Crippen LogP contribution in [0.25, 0.3) is 0 Å². The number of carbonyl (C=O) groups excluding carboxylic acids is 1. The summed E-state index contributed by atoms with van der Waals surface area (Å²) in [5.74, 6) is 0.740. The van der Waals surface area contributed by atoms with Crippen LogP contribution in [0.15, 0.2) is 18.6 Å². The monoisotopic (exact) mass is 343 g/mol. The zero-order valence-corrected chi connectivity index (χ0v) is 15.8. The second-order valence-electron chi connectivity index (χ2n) is 7.46. The van der Waals surface area contributed by atoms with E-state index >= 15 is 0 Å². The minimum absolute atomic E-state index is 0.110. The third kappa shape index (κ3) is 3.78. The molecule has 6 heteroatoms. The SMILES string of the molecule is CCc1c(C(=O)N2CC[C@H](n3cc(C)cn3)C2)cnn1CCC(C)C. The summed E-state index contributed by atoms with van der Waals surface area (Å²) in [5.41, 5.74) is 2.98. The van der Waals surface area contributed by atoms with Gasteiger partial charge in [-0.05, 0) is 37.7 Å². The molecule has 1 fully saturated rings. The highest BCUT2D eigenvalue weighted by molar-refractivity contribution is 5.95. The van der Waals surface area contributed by atoms with Crippen LogP contribution in [0.4, 0.5) is 0 Å². The molecule has 1 amide bonds. The third-order valence-electron chi connectivity index (χ3n) is 4.99. The highest BCUT2D eigenvalue weighted by Gasteiger charge is 2.30. The molecule has 0 saturated carbocycles. The first-order valence-corrected chi connectivity index (χ1v) is 9.34. The van der Waals surface area contributed by atoms with E-state index in [1.54, 1.807) is 6.20 Å². The molecule has 0 bridgehead atoms. The molecule has 3 heterocycles. The summed E-state index contributed by atoms with van der Waals surface area (Å²) in [7, 11) is 0. The third-order valence-corrected chi connectivity index (χ3v) is 4.99. The van der Waals surface area contributed by atoms with Crippen molar-refractivity contribution in [1.29, 1.82) is 0 Å². The molecule has 25 heavy (non-hydrogen) atoms. The molecule has 1 aliphatic heterocycles. The van der Waals surface area contributed by atoms with Crippen molar-refractivity contribution < 1.29 is 4.79 Å². The van der Waals surface area contributed by atoms with E-state index in [1.165, 1.54) is 0 Å². The van der Waals surface area contributed by atoms with Crippen LogP contribution in [0, 0.1) is 12.8 Å². The van der Waals surface area contributed by atoms with E-state index in [0.717, 1.165) is 55.7 Å². The van der Waals surface area contributed by atoms with Gasteiger partial charge in [-0.3, -0.25) is 14.2 Å². The number of likely N-dealkylation sites (tertiary alicyclic amines) is 1. The lowest BCUT2D eigenvalue weighted by Crippen LogP contribution is -2.30. The molecule has 0 unspecified atom stereocenters. The first kappa shape index (κ1) is 17.7. The topological polar surface area (TPSA) is 56.0 Å². The number of aromatic nitrogens is 4. The van der Waals surface area contributed by atoms with Crippen molar-refractivity contribution in [3.05, 3.63) is 35.4 Å². The number of amides is 1. The molecule has 6 nitrogen and oxygen atoms in total. The number of hydrogen-bond acceptors (Lipinski definition) is 3. The molecular formula is C19H29N5O. The molecule has 1 saturated heterocycles. The maximum Gasteiger partial charge on any atom is 0.257 e. The van der Waals surface area contributed by atoms with E-state index in [0.29, 0.717) is 5.92 Å². The predicted molar refractivity (Wildman–Crippen MR) is 97.6 cm³/mol. The fraction of sp³-hybridized carbons (Fsp3) is 0.632. The highest BCUT2D eigenvalue weighted by Crippen LogP contribution is 2.24. The van der Waals surface area contributed by atoms with Gasteiger partial charge in [0.15, 0.2) is 0 Å². The minimum Gasteiger partial charge on any atom is -0.336 e. The van der Waals surface area contributed by atoms with E-state index in [2.05, 4.69) is 37.2 Å². The Morgan fingerprint density at radius 3 is 2.76 bits per heavy atom. The molecule has 0 radical (unpaired) electrons. The zero-order valence-electron chi connectivity index (χ0n) is 15.8. The number of aryl methyl sites for hydroxylation is 2. The maximum atomic E-state index is 13.0. The van der Waals surface area contributed by atoms with Gasteiger partial charge >= 0.3 is 0 Å². The predicted octanol–water partition coefficient (Wildman–Crippen LogP) is 3.08. The summed E-state index contributed by atoms with van der Waals surface area (Å²) >= 11 is 0. The van der Waals surface area contributed by atoms with Gasteiger partial charge in [0.25, 0.3) is 5.91 Å². The summed E-state index contributed by atoms with van der Waals surface area (Å²) in [6, 6.07) is 0.277. The van der Waals surface area contributed by atoms with Gasteiger partial charge in [0.2, 0.25) is 0 Å². The van der Waals surface area contributed by atoms with Crippen LogP contribution < -0.4 is 0 Å². The van der Waals surface area contributed by atoms with Crippen LogP contribution in [0.3, 0.4) is 0 Å². The zero-order chi connectivity index (χ0) is 18.0. The van der Waals surface area contributed by atoms with Gasteiger partial charge in [0.1, 0.15) is 0 Å². The largest absolute Gasteiger partial charge is 0.336 e. The van der Waals surface area contributed by atoms with Crippen molar-refractivity contribution >= 4 is 5.91 Å². The molecule has 2 aromatic rings. The van der Waals surface area contributed by atoms with Crippen molar-refractivity contribution in [2.75, 3.05) is 13.1 Å². The molecule has 1 aliphatic rings. The van der Waals surface area contributed by atoms with Crippen LogP contribution in [0.1, 0.15) is 61.3 Å². The fourth-order valence-corrected chi connectivity index (χ4v) is 3.48. The lowest BCUT2D eigenvalue weighted by molar-refractivity contribution is 0.0786. The Balaban J connectivity index is 1.71. The summed E-state index contributed by atoms with van der Waals surface area (Å²) in [6.07, 6.45) is 8.54. The Morgan fingerprint density at radius 2 is 2.12 bits per heavy atom. The summed E-state index contributed by atoms with van der Waals surface area (Å²) < 4.78 is 4.01. The Kier molecular flexibility index (Phi) is 5.25. The van der Waals surface area contributed by atoms with Crippen molar-refractivity contribution in [2.24, 2.45) is 5.92 Å². The van der Waals surface area contributed by atoms with E-state index in [-0.39, 0.29) is 11.9 Å². The lowest BCUT2D eigenvalue weighted by Gasteiger charge is -2.17. The molecule has 3 rings (SSSR count). The number of rotatable bonds is 6. The molecule has 0 spiro atoms. The summed E-state index contributed by atoms with van der Waals surface area (Å²) in [5, 5.41) is 8.89.